The minimum atomic E-state index is 0. The van der Waals surface area contributed by atoms with Gasteiger partial charge in [0.1, 0.15) is 0 Å². The molecule has 2 heterocycles. The number of nitrogens with zero attached hydrogens (tertiary/aromatic N) is 10. The van der Waals surface area contributed by atoms with Crippen molar-refractivity contribution in [3.8, 4) is 0 Å². The molecule has 2 rings (SSSR count). The van der Waals surface area contributed by atoms with E-state index in [-0.39, 0.29) is 34.4 Å². The Morgan fingerprint density at radius 1 is 0.633 bits per heavy atom. The van der Waals surface area contributed by atoms with E-state index >= 15 is 0 Å². The maximum absolute atomic E-state index is 7.25. The molecule has 13 nitrogen and oxygen atoms in total. The van der Waals surface area contributed by atoms with Crippen molar-refractivity contribution in [3.05, 3.63) is 43.4 Å². The van der Waals surface area contributed by atoms with E-state index in [1.54, 1.807) is 0 Å². The van der Waals surface area contributed by atoms with Crippen LogP contribution in [-0.4, -0.2) is 85.5 Å². The van der Waals surface area contributed by atoms with Gasteiger partial charge in [0.15, 0.2) is 0 Å². The van der Waals surface area contributed by atoms with Crippen molar-refractivity contribution in [2.24, 2.45) is 11.5 Å². The molecule has 0 saturated carbocycles. The summed E-state index contributed by atoms with van der Waals surface area (Å²) in [6, 6.07) is 0. The quantitative estimate of drug-likeness (QED) is 0.339. The molecule has 0 aromatic heterocycles. The molecule has 2 bridgehead atoms. The van der Waals surface area contributed by atoms with E-state index < -0.39 is 0 Å². The van der Waals surface area contributed by atoms with Crippen molar-refractivity contribution >= 4 is 0 Å². The summed E-state index contributed by atoms with van der Waals surface area (Å²) in [5.41, 5.74) is 17.0. The van der Waals surface area contributed by atoms with Gasteiger partial charge in [0, 0.05) is 56.3 Å². The predicted molar refractivity (Wildman–Crippen MR) is 96.0 cm³/mol. The molecule has 2 aliphatic rings. The van der Waals surface area contributed by atoms with Gasteiger partial charge < -0.3 is 81.1 Å². The summed E-state index contributed by atoms with van der Waals surface area (Å²) in [5.74, 6) is 0. The number of nitrogens with two attached hydrogens (primary N) is 2. The van der Waals surface area contributed by atoms with Gasteiger partial charge in [0.25, 0.3) is 0 Å². The van der Waals surface area contributed by atoms with E-state index in [1.807, 2.05) is 0 Å². The van der Waals surface area contributed by atoms with E-state index in [0.717, 1.165) is 65.9 Å². The van der Waals surface area contributed by atoms with Crippen LogP contribution in [0.3, 0.4) is 0 Å². The number of fused-ring (bicyclic) bond motifs is 3. The summed E-state index contributed by atoms with van der Waals surface area (Å²) in [4.78, 5) is 17.1. The molecule has 15 heteroatoms. The Morgan fingerprint density at radius 2 is 0.833 bits per heavy atom. The predicted octanol–water partition coefficient (Wildman–Crippen LogP) is -1.23. The third-order valence-corrected chi connectivity index (χ3v) is 3.22. The van der Waals surface area contributed by atoms with E-state index in [4.69, 9.17) is 81.1 Å². The molecule has 0 aliphatic carbocycles. The van der Waals surface area contributed by atoms with E-state index in [1.165, 1.54) is 0 Å². The van der Waals surface area contributed by atoms with E-state index in [9.17, 15) is 0 Å². The maximum atomic E-state index is 7.25. The zero-order valence-electron chi connectivity index (χ0n) is 16.3. The number of nitroso groups, excluding NO2 is 1. The van der Waals surface area contributed by atoms with Crippen LogP contribution in [0.5, 0.6) is 0 Å². The zero-order valence-corrected chi connectivity index (χ0v) is 18.5. The monoisotopic (exact) mass is 503 g/mol. The summed E-state index contributed by atoms with van der Waals surface area (Å²) in [5, 5.41) is 31.2. The van der Waals surface area contributed by atoms with Crippen LogP contribution in [0.1, 0.15) is 0 Å². The van der Waals surface area contributed by atoms with Crippen LogP contribution in [0.15, 0.2) is 0 Å². The molecule has 2 fully saturated rings. The van der Waals surface area contributed by atoms with Crippen molar-refractivity contribution in [1.82, 2.24) is 19.6 Å². The van der Waals surface area contributed by atoms with Gasteiger partial charge in [-0.25, -0.2) is 0 Å². The third-order valence-electron chi connectivity index (χ3n) is 3.22. The molecule has 30 heavy (non-hydrogen) atoms. The average molecular weight is 504 g/mol. The fraction of sp³-hybridized carbons (Fsp3) is 0.667. The molecular formula is C15H24CrCuN12O. The normalized spacial score (nSPS) is 17.9. The minimum absolute atomic E-state index is 0. The van der Waals surface area contributed by atoms with Crippen LogP contribution >= 0.6 is 0 Å². The second-order valence-electron chi connectivity index (χ2n) is 4.72. The van der Waals surface area contributed by atoms with E-state index in [2.05, 4.69) is 19.6 Å². The first-order valence-electron chi connectivity index (χ1n) is 7.41. The van der Waals surface area contributed by atoms with Gasteiger partial charge in [0.2, 0.25) is 0 Å². The molecule has 4 N–H and O–H groups in total. The molecule has 1 radical (unpaired) electrons. The maximum Gasteiger partial charge on any atom is 6.00 e. The van der Waals surface area contributed by atoms with Crippen molar-refractivity contribution in [2.75, 3.05) is 65.9 Å². The Balaban J connectivity index is -0.0000000657. The van der Waals surface area contributed by atoms with Crippen molar-refractivity contribution in [1.29, 1.82) is 26.3 Å². The molecule has 0 amide bonds. The fourth-order valence-corrected chi connectivity index (χ4v) is 2.52. The van der Waals surface area contributed by atoms with Crippen molar-refractivity contribution < 1.29 is 34.4 Å². The van der Waals surface area contributed by atoms with Crippen molar-refractivity contribution in [3.63, 3.8) is 0 Å². The Labute approximate surface area is 201 Å². The fourth-order valence-electron chi connectivity index (χ4n) is 2.52. The molecule has 0 spiro atoms. The Morgan fingerprint density at radius 3 is 1.00 bits per heavy atom. The summed E-state index contributed by atoms with van der Waals surface area (Å²) >= 11 is 0. The summed E-state index contributed by atoms with van der Waals surface area (Å²) in [6.07, 6.45) is 0. The standard InChI is InChI=1S/C10H24N6.5CN.Cr.Cu.NO/c11-1-3-13-7-15-5-6-16(8-13)10-14(9-15)4-2-12;5*1-2;;;1-2/h1-12H2;;;;;;;;/q;5*-1;+6;;-1. The van der Waals surface area contributed by atoms with Crippen LogP contribution in [0.2, 0.25) is 0 Å². The molecule has 2 aliphatic heterocycles. The molecule has 2 saturated heterocycles. The average Bonchev–Trinajstić information content (AvgIpc) is 3.09. The smallest absolute Gasteiger partial charge is 0.577 e. The summed E-state index contributed by atoms with van der Waals surface area (Å²) in [7, 11) is 0. The first-order chi connectivity index (χ1) is 13.8. The largest absolute Gasteiger partial charge is 6.00 e. The van der Waals surface area contributed by atoms with Gasteiger partial charge in [-0.2, -0.15) is 0 Å². The van der Waals surface area contributed by atoms with Gasteiger partial charge >= 0.3 is 17.4 Å². The van der Waals surface area contributed by atoms with E-state index in [0.29, 0.717) is 0 Å². The SMILES string of the molecule is NCCN1CN2CCN(C1)CN(CCN)C2.[C-]#N.[C-]#N.[C-]#N.[C-]#N.[C-]#N.[Cr+6].[Cu].[N-]=O. The second-order valence-corrected chi connectivity index (χ2v) is 4.72. The summed E-state index contributed by atoms with van der Waals surface area (Å²) in [6.45, 7) is 33.7. The van der Waals surface area contributed by atoms with Gasteiger partial charge in [-0.15, -0.1) is 0 Å². The van der Waals surface area contributed by atoms with Crippen molar-refractivity contribution in [2.45, 2.75) is 0 Å². The topological polar surface area (TPSA) is 223 Å². The molecular weight excluding hydrogens is 480 g/mol. The molecule has 167 valence electrons. The van der Waals surface area contributed by atoms with Crippen LogP contribution in [0.25, 0.3) is 5.59 Å². The Hall–Kier alpha value is -2.14. The van der Waals surface area contributed by atoms with Gasteiger partial charge in [-0.1, -0.05) is 0 Å². The van der Waals surface area contributed by atoms with Gasteiger partial charge in [-0.05, 0) is 0 Å². The number of hydrogen-bond acceptors (Lipinski definition) is 12. The molecule has 0 aromatic carbocycles. The first-order valence-corrected chi connectivity index (χ1v) is 7.41. The Kier molecular flexibility index (Phi) is 70.1. The van der Waals surface area contributed by atoms with Crippen LogP contribution < -0.4 is 11.5 Å². The number of hydrogen-bond donors (Lipinski definition) is 2. The van der Waals surface area contributed by atoms with Crippen LogP contribution in [0, 0.1) is 64.1 Å². The van der Waals surface area contributed by atoms with Gasteiger partial charge in [-0.3, -0.25) is 19.6 Å². The third kappa shape index (κ3) is 25.9. The minimum Gasteiger partial charge on any atom is -0.577 e. The van der Waals surface area contributed by atoms with Crippen LogP contribution in [0.4, 0.5) is 0 Å². The van der Waals surface area contributed by atoms with Crippen LogP contribution in [-0.2, 0) is 34.4 Å². The van der Waals surface area contributed by atoms with Gasteiger partial charge in [0.05, 0.1) is 26.7 Å². The second kappa shape index (κ2) is 45.5. The zero-order chi connectivity index (χ0) is 23.4. The first kappa shape index (κ1) is 46.2. The summed E-state index contributed by atoms with van der Waals surface area (Å²) < 4.78 is 0. The Bertz CT molecular complexity index is 352. The molecule has 0 atom stereocenters. The molecule has 0 aromatic rings. The number of rotatable bonds is 4. The molecule has 0 unspecified atom stereocenters.